The van der Waals surface area contributed by atoms with Crippen molar-refractivity contribution >= 4 is 11.6 Å². The molecule has 7 nitrogen and oxygen atoms in total. The first kappa shape index (κ1) is 17.7. The van der Waals surface area contributed by atoms with E-state index >= 15 is 0 Å². The van der Waals surface area contributed by atoms with Crippen LogP contribution in [0.2, 0.25) is 0 Å². The maximum absolute atomic E-state index is 10.1. The summed E-state index contributed by atoms with van der Waals surface area (Å²) in [4.78, 5) is 4.37. The Balaban J connectivity index is 2.18. The molecule has 138 valence electrons. The minimum Gasteiger partial charge on any atom is -0.504 e. The number of aromatic hydroxyl groups is 1. The Morgan fingerprint density at radius 2 is 1.50 bits per heavy atom. The average molecular weight is 359 g/mol. The van der Waals surface area contributed by atoms with Crippen molar-refractivity contribution in [2.75, 3.05) is 28.4 Å². The fourth-order valence-corrected chi connectivity index (χ4v) is 2.97. The van der Waals surface area contributed by atoms with Gasteiger partial charge < -0.3 is 28.8 Å². The summed E-state index contributed by atoms with van der Waals surface area (Å²) >= 11 is 0. The number of benzene rings is 2. The number of aliphatic imine (C=N–C) groups is 1. The summed E-state index contributed by atoms with van der Waals surface area (Å²) in [7, 11) is 6.17. The molecule has 0 amide bonds. The van der Waals surface area contributed by atoms with Gasteiger partial charge >= 0.3 is 0 Å². The fraction of sp³-hybridized carbons (Fsp3) is 0.316. The number of hydrogen-bond donors (Lipinski definition) is 1. The molecule has 3 rings (SSSR count). The van der Waals surface area contributed by atoms with Crippen molar-refractivity contribution in [2.45, 2.75) is 13.0 Å². The number of hydrogen-bond acceptors (Lipinski definition) is 7. The van der Waals surface area contributed by atoms with E-state index in [2.05, 4.69) is 4.99 Å². The third-order valence-electron chi connectivity index (χ3n) is 4.17. The van der Waals surface area contributed by atoms with Crippen LogP contribution in [0.4, 0.5) is 5.69 Å². The Kier molecular flexibility index (Phi) is 4.79. The average Bonchev–Trinajstić information content (AvgIpc) is 2.65. The van der Waals surface area contributed by atoms with Gasteiger partial charge in [-0.25, -0.2) is 4.99 Å². The Bertz CT molecular complexity index is 836. The Morgan fingerprint density at radius 3 is 2.04 bits per heavy atom. The van der Waals surface area contributed by atoms with Gasteiger partial charge in [-0.15, -0.1) is 0 Å². The molecule has 7 heteroatoms. The van der Waals surface area contributed by atoms with Gasteiger partial charge in [0.1, 0.15) is 0 Å². The number of methoxy groups -OCH3 is 4. The summed E-state index contributed by atoms with van der Waals surface area (Å²) in [5, 5.41) is 10.1. The molecule has 0 bridgehead atoms. The van der Waals surface area contributed by atoms with Crippen LogP contribution >= 0.6 is 0 Å². The van der Waals surface area contributed by atoms with E-state index in [1.54, 1.807) is 40.4 Å². The van der Waals surface area contributed by atoms with Crippen LogP contribution in [0.25, 0.3) is 0 Å². The highest BCUT2D eigenvalue weighted by Gasteiger charge is 2.28. The number of rotatable bonds is 5. The molecule has 2 aromatic carbocycles. The molecule has 0 radical (unpaired) electrons. The van der Waals surface area contributed by atoms with Crippen LogP contribution in [0.5, 0.6) is 28.7 Å². The molecule has 26 heavy (non-hydrogen) atoms. The van der Waals surface area contributed by atoms with Crippen molar-refractivity contribution in [2.24, 2.45) is 4.99 Å². The fourth-order valence-electron chi connectivity index (χ4n) is 2.97. The SMILES string of the molecule is COc1cc2c(cc1O)N=C(C)OC2c1cc(OC)c(OC)c(OC)c1. The lowest BCUT2D eigenvalue weighted by atomic mass is 9.97. The molecule has 1 heterocycles. The van der Waals surface area contributed by atoms with Gasteiger partial charge in [-0.3, -0.25) is 0 Å². The Morgan fingerprint density at radius 1 is 0.885 bits per heavy atom. The lowest BCUT2D eigenvalue weighted by molar-refractivity contribution is 0.223. The first-order valence-electron chi connectivity index (χ1n) is 7.95. The highest BCUT2D eigenvalue weighted by molar-refractivity contribution is 5.81. The second kappa shape index (κ2) is 7.03. The van der Waals surface area contributed by atoms with E-state index in [4.69, 9.17) is 23.7 Å². The highest BCUT2D eigenvalue weighted by atomic mass is 16.5. The van der Waals surface area contributed by atoms with Gasteiger partial charge in [0.2, 0.25) is 5.75 Å². The number of nitrogens with zero attached hydrogens (tertiary/aromatic N) is 1. The molecule has 0 aromatic heterocycles. The van der Waals surface area contributed by atoms with Crippen molar-refractivity contribution < 1.29 is 28.8 Å². The molecular weight excluding hydrogens is 338 g/mol. The van der Waals surface area contributed by atoms with E-state index in [0.717, 1.165) is 11.1 Å². The third kappa shape index (κ3) is 2.96. The highest BCUT2D eigenvalue weighted by Crippen LogP contribution is 2.46. The van der Waals surface area contributed by atoms with E-state index in [1.807, 2.05) is 12.1 Å². The van der Waals surface area contributed by atoms with Crippen LogP contribution in [0, 0.1) is 0 Å². The van der Waals surface area contributed by atoms with E-state index in [1.165, 1.54) is 7.11 Å². The van der Waals surface area contributed by atoms with E-state index in [-0.39, 0.29) is 5.75 Å². The zero-order valence-corrected chi connectivity index (χ0v) is 15.3. The number of phenols is 1. The van der Waals surface area contributed by atoms with Crippen molar-refractivity contribution in [1.82, 2.24) is 0 Å². The molecule has 1 N–H and O–H groups in total. The van der Waals surface area contributed by atoms with Crippen molar-refractivity contribution in [3.8, 4) is 28.7 Å². The predicted molar refractivity (Wildman–Crippen MR) is 96.5 cm³/mol. The quantitative estimate of drug-likeness (QED) is 0.879. The van der Waals surface area contributed by atoms with Crippen molar-refractivity contribution in [3.05, 3.63) is 35.4 Å². The van der Waals surface area contributed by atoms with Gasteiger partial charge in [-0.2, -0.15) is 0 Å². The minimum absolute atomic E-state index is 0.0216. The van der Waals surface area contributed by atoms with Gasteiger partial charge in [0.05, 0.1) is 34.1 Å². The van der Waals surface area contributed by atoms with E-state index < -0.39 is 6.10 Å². The number of phenolic OH excluding ortho intramolecular Hbond substituents is 1. The van der Waals surface area contributed by atoms with Gasteiger partial charge in [-0.1, -0.05) is 0 Å². The maximum atomic E-state index is 10.1. The summed E-state index contributed by atoms with van der Waals surface area (Å²) in [6, 6.07) is 6.93. The standard InChI is InChI=1S/C19H21NO6/c1-10-20-13-9-14(21)15(22-2)8-12(13)18(26-10)11-6-16(23-3)19(25-5)17(7-11)24-4/h6-9,18,21H,1-5H3. The first-order chi connectivity index (χ1) is 12.5. The number of ether oxygens (including phenoxy) is 5. The maximum Gasteiger partial charge on any atom is 0.203 e. The molecule has 1 unspecified atom stereocenters. The van der Waals surface area contributed by atoms with Gasteiger partial charge in [-0.05, 0) is 18.2 Å². The molecule has 0 spiro atoms. The molecule has 0 saturated carbocycles. The predicted octanol–water partition coefficient (Wildman–Crippen LogP) is 3.60. The summed E-state index contributed by atoms with van der Waals surface area (Å²) in [5.74, 6) is 2.41. The summed E-state index contributed by atoms with van der Waals surface area (Å²) in [6.07, 6.45) is -0.467. The van der Waals surface area contributed by atoms with Crippen molar-refractivity contribution in [1.29, 1.82) is 0 Å². The van der Waals surface area contributed by atoms with Gasteiger partial charge in [0.25, 0.3) is 0 Å². The van der Waals surface area contributed by atoms with Gasteiger partial charge in [0.15, 0.2) is 35.0 Å². The molecule has 2 aromatic rings. The molecule has 0 fully saturated rings. The molecule has 0 saturated heterocycles. The zero-order valence-electron chi connectivity index (χ0n) is 15.3. The van der Waals surface area contributed by atoms with Gasteiger partial charge in [0, 0.05) is 24.1 Å². The van der Waals surface area contributed by atoms with Crippen LogP contribution in [-0.2, 0) is 4.74 Å². The lowest BCUT2D eigenvalue weighted by Gasteiger charge is -2.27. The van der Waals surface area contributed by atoms with E-state index in [0.29, 0.717) is 34.6 Å². The summed E-state index contributed by atoms with van der Waals surface area (Å²) in [6.45, 7) is 1.76. The second-order valence-corrected chi connectivity index (χ2v) is 5.67. The second-order valence-electron chi connectivity index (χ2n) is 5.67. The number of fused-ring (bicyclic) bond motifs is 1. The normalized spacial score (nSPS) is 15.4. The monoisotopic (exact) mass is 359 g/mol. The van der Waals surface area contributed by atoms with Crippen LogP contribution in [0.3, 0.4) is 0 Å². The largest absolute Gasteiger partial charge is 0.504 e. The van der Waals surface area contributed by atoms with Crippen LogP contribution < -0.4 is 18.9 Å². The van der Waals surface area contributed by atoms with Crippen molar-refractivity contribution in [3.63, 3.8) is 0 Å². The molecule has 1 aliphatic rings. The molecular formula is C19H21NO6. The Labute approximate surface area is 151 Å². The molecule has 1 aliphatic heterocycles. The first-order valence-corrected chi connectivity index (χ1v) is 7.95. The molecule has 1 atom stereocenters. The van der Waals surface area contributed by atoms with Crippen LogP contribution in [0.15, 0.2) is 29.3 Å². The van der Waals surface area contributed by atoms with Crippen LogP contribution in [-0.4, -0.2) is 39.4 Å². The topological polar surface area (TPSA) is 78.7 Å². The molecule has 0 aliphatic carbocycles. The lowest BCUT2D eigenvalue weighted by Crippen LogP contribution is -2.15. The van der Waals surface area contributed by atoms with E-state index in [9.17, 15) is 5.11 Å². The zero-order chi connectivity index (χ0) is 18.8. The third-order valence-corrected chi connectivity index (χ3v) is 4.17. The summed E-state index contributed by atoms with van der Waals surface area (Å²) in [5.41, 5.74) is 2.17. The Hall–Kier alpha value is -3.09. The summed E-state index contributed by atoms with van der Waals surface area (Å²) < 4.78 is 27.4. The minimum atomic E-state index is -0.467. The smallest absolute Gasteiger partial charge is 0.203 e. The van der Waals surface area contributed by atoms with Crippen LogP contribution in [0.1, 0.15) is 24.2 Å².